The van der Waals surface area contributed by atoms with Crippen LogP contribution in [0.4, 0.5) is 0 Å². The van der Waals surface area contributed by atoms with Gasteiger partial charge in [-0.15, -0.1) is 0 Å². The fraction of sp³-hybridized carbons (Fsp3) is 0.182. The van der Waals surface area contributed by atoms with Crippen molar-refractivity contribution in [2.45, 2.75) is 12.5 Å². The van der Waals surface area contributed by atoms with Gasteiger partial charge in [0.05, 0.1) is 24.4 Å². The van der Waals surface area contributed by atoms with E-state index in [-0.39, 0.29) is 6.10 Å². The molecule has 2 atom stereocenters. The van der Waals surface area contributed by atoms with Crippen molar-refractivity contribution >= 4 is 21.2 Å². The van der Waals surface area contributed by atoms with Gasteiger partial charge >= 0.3 is 10.4 Å². The minimum absolute atomic E-state index is 0.211. The lowest BCUT2D eigenvalue weighted by Gasteiger charge is -2.25. The zero-order valence-corrected chi connectivity index (χ0v) is 16.7. The maximum absolute atomic E-state index is 11.8. The summed E-state index contributed by atoms with van der Waals surface area (Å²) < 4.78 is 29.2. The summed E-state index contributed by atoms with van der Waals surface area (Å²) in [6, 6.07) is 15.6. The number of nitriles is 1. The third-order valence-corrected chi connectivity index (χ3v) is 6.03. The summed E-state index contributed by atoms with van der Waals surface area (Å²) in [6.45, 7) is 0.438. The maximum Gasteiger partial charge on any atom is 0.309 e. The number of benzene rings is 2. The summed E-state index contributed by atoms with van der Waals surface area (Å²) in [6.07, 6.45) is 8.61. The Labute approximate surface area is 170 Å². The first-order chi connectivity index (χ1) is 13.9. The fourth-order valence-electron chi connectivity index (χ4n) is 3.36. The van der Waals surface area contributed by atoms with E-state index in [1.807, 2.05) is 30.3 Å². The molecule has 0 radical (unpaired) electrons. The highest BCUT2D eigenvalue weighted by Crippen LogP contribution is 2.34. The van der Waals surface area contributed by atoms with Gasteiger partial charge in [0, 0.05) is 24.2 Å². The molecule has 1 aliphatic rings. The van der Waals surface area contributed by atoms with Crippen LogP contribution in [-0.4, -0.2) is 32.7 Å². The van der Waals surface area contributed by atoms with Gasteiger partial charge in [0.2, 0.25) is 0 Å². The van der Waals surface area contributed by atoms with E-state index < -0.39 is 10.4 Å². The van der Waals surface area contributed by atoms with Gasteiger partial charge in [0.25, 0.3) is 0 Å². The number of nitrogens with zero attached hydrogens (tertiary/aromatic N) is 3. The predicted molar refractivity (Wildman–Crippen MR) is 113 cm³/mol. The molecule has 0 saturated heterocycles. The topological polar surface area (TPSA) is 86.5 Å². The van der Waals surface area contributed by atoms with Gasteiger partial charge in [-0.05, 0) is 57.1 Å². The van der Waals surface area contributed by atoms with Crippen LogP contribution in [0.25, 0.3) is 21.9 Å². The summed E-state index contributed by atoms with van der Waals surface area (Å²) in [7, 11) is -3.00. The molecule has 0 amide bonds. The Hall–Kier alpha value is -3.21. The van der Waals surface area contributed by atoms with Crippen LogP contribution in [-0.2, 0) is 14.6 Å². The van der Waals surface area contributed by atoms with Gasteiger partial charge in [-0.3, -0.25) is 4.98 Å². The van der Waals surface area contributed by atoms with Crippen molar-refractivity contribution in [3.8, 4) is 22.9 Å². The Morgan fingerprint density at radius 3 is 2.86 bits per heavy atom. The molecular formula is C22H20N3O3S+. The van der Waals surface area contributed by atoms with E-state index in [9.17, 15) is 14.0 Å². The average molecular weight is 406 g/mol. The molecule has 2 aromatic carbocycles. The van der Waals surface area contributed by atoms with Crippen molar-refractivity contribution in [1.29, 1.82) is 5.26 Å². The molecule has 2 heterocycles. The number of hydrogen-bond acceptors (Lipinski definition) is 4. The summed E-state index contributed by atoms with van der Waals surface area (Å²) in [5.41, 5.74) is 2.48. The standard InChI is InChI=1S/C22H19N3O3S/c1-29(26,27)25-9-6-20(7-10-25)28-22-13-19(12-18-5-8-24-15-21(18)22)17-4-2-3-16(11-17)14-23/h2-6,8-9,11-13,15,20H,7,10H2,1H3/p+1. The summed E-state index contributed by atoms with van der Waals surface area (Å²) >= 11 is 0. The Morgan fingerprint density at radius 1 is 1.28 bits per heavy atom. The highest BCUT2D eigenvalue weighted by molar-refractivity contribution is 7.94. The second kappa shape index (κ2) is 7.66. The maximum atomic E-state index is 11.8. The number of fused-ring (bicyclic) bond motifs is 1. The van der Waals surface area contributed by atoms with Crippen molar-refractivity contribution in [3.63, 3.8) is 0 Å². The molecule has 2 unspecified atom stereocenters. The SMILES string of the molecule is C[S+](=O)(O)N1C=CC(Oc2cc(-c3cccc(C#N)c3)cc3ccncc23)CC1. The number of pyridine rings is 1. The minimum atomic E-state index is -3.00. The first-order valence-electron chi connectivity index (χ1n) is 9.16. The van der Waals surface area contributed by atoms with Gasteiger partial charge in [0.1, 0.15) is 11.9 Å². The Kier molecular flexibility index (Phi) is 5.05. The smallest absolute Gasteiger partial charge is 0.309 e. The Balaban J connectivity index is 1.70. The summed E-state index contributed by atoms with van der Waals surface area (Å²) in [4.78, 5) is 4.22. The second-order valence-electron chi connectivity index (χ2n) is 6.95. The Morgan fingerprint density at radius 2 is 2.14 bits per heavy atom. The van der Waals surface area contributed by atoms with Crippen LogP contribution < -0.4 is 4.74 Å². The lowest BCUT2D eigenvalue weighted by molar-refractivity contribution is 0.220. The van der Waals surface area contributed by atoms with E-state index in [2.05, 4.69) is 17.1 Å². The molecule has 29 heavy (non-hydrogen) atoms. The lowest BCUT2D eigenvalue weighted by Crippen LogP contribution is -2.36. The number of ether oxygens (including phenoxy) is 1. The molecule has 1 aliphatic heterocycles. The van der Waals surface area contributed by atoms with Crippen molar-refractivity contribution in [2.75, 3.05) is 12.8 Å². The van der Waals surface area contributed by atoms with Crippen molar-refractivity contribution in [1.82, 2.24) is 9.29 Å². The highest BCUT2D eigenvalue weighted by atomic mass is 32.3. The van der Waals surface area contributed by atoms with Crippen molar-refractivity contribution < 1.29 is 13.5 Å². The molecule has 1 N–H and O–H groups in total. The number of aromatic nitrogens is 1. The van der Waals surface area contributed by atoms with Crippen LogP contribution in [0.3, 0.4) is 0 Å². The molecular weight excluding hydrogens is 386 g/mol. The predicted octanol–water partition coefficient (Wildman–Crippen LogP) is 4.26. The number of hydrogen-bond donors (Lipinski definition) is 1. The zero-order chi connectivity index (χ0) is 20.4. The molecule has 0 aliphatic carbocycles. The first-order valence-corrected chi connectivity index (χ1v) is 11.0. The summed E-state index contributed by atoms with van der Waals surface area (Å²) in [5, 5.41) is 11.1. The Bertz CT molecular complexity index is 1180. The lowest BCUT2D eigenvalue weighted by atomic mass is 10.00. The highest BCUT2D eigenvalue weighted by Gasteiger charge is 2.29. The van der Waals surface area contributed by atoms with E-state index in [1.54, 1.807) is 30.7 Å². The molecule has 0 bridgehead atoms. The zero-order valence-electron chi connectivity index (χ0n) is 15.9. The van der Waals surface area contributed by atoms with Gasteiger partial charge in [-0.2, -0.15) is 14.1 Å². The van der Waals surface area contributed by atoms with Crippen LogP contribution in [0, 0.1) is 11.3 Å². The van der Waals surface area contributed by atoms with E-state index in [0.29, 0.717) is 24.3 Å². The van der Waals surface area contributed by atoms with Crippen molar-refractivity contribution in [3.05, 3.63) is 72.7 Å². The van der Waals surface area contributed by atoms with E-state index in [1.165, 1.54) is 10.6 Å². The molecule has 0 fully saturated rings. The van der Waals surface area contributed by atoms with Crippen LogP contribution in [0.5, 0.6) is 5.75 Å². The molecule has 1 aromatic heterocycles. The minimum Gasteiger partial charge on any atom is -0.485 e. The van der Waals surface area contributed by atoms with E-state index in [0.717, 1.165) is 21.9 Å². The van der Waals surface area contributed by atoms with Gasteiger partial charge < -0.3 is 4.74 Å². The monoisotopic (exact) mass is 406 g/mol. The van der Waals surface area contributed by atoms with E-state index >= 15 is 0 Å². The van der Waals surface area contributed by atoms with Gasteiger partial charge in [-0.1, -0.05) is 12.1 Å². The molecule has 4 rings (SSSR count). The van der Waals surface area contributed by atoms with Gasteiger partial charge in [0.15, 0.2) is 6.26 Å². The average Bonchev–Trinajstić information content (AvgIpc) is 2.73. The quantitative estimate of drug-likeness (QED) is 0.654. The molecule has 7 heteroatoms. The second-order valence-corrected chi connectivity index (χ2v) is 8.95. The fourth-order valence-corrected chi connectivity index (χ4v) is 4.10. The molecule has 146 valence electrons. The third-order valence-electron chi connectivity index (χ3n) is 4.86. The third kappa shape index (κ3) is 4.14. The summed E-state index contributed by atoms with van der Waals surface area (Å²) in [5.74, 6) is 0.692. The molecule has 0 saturated carbocycles. The largest absolute Gasteiger partial charge is 0.485 e. The van der Waals surface area contributed by atoms with Crippen LogP contribution in [0.2, 0.25) is 0 Å². The molecule has 3 aromatic rings. The van der Waals surface area contributed by atoms with E-state index in [4.69, 9.17) is 4.74 Å². The van der Waals surface area contributed by atoms with Gasteiger partial charge in [-0.25, -0.2) is 0 Å². The molecule has 0 spiro atoms. The van der Waals surface area contributed by atoms with Crippen LogP contribution >= 0.6 is 0 Å². The normalized spacial score (nSPS) is 18.2. The van der Waals surface area contributed by atoms with Crippen LogP contribution in [0.1, 0.15) is 12.0 Å². The van der Waals surface area contributed by atoms with Crippen LogP contribution in [0.15, 0.2) is 67.1 Å². The number of rotatable bonds is 4. The molecule has 6 nitrogen and oxygen atoms in total. The van der Waals surface area contributed by atoms with Crippen molar-refractivity contribution in [2.24, 2.45) is 0 Å². The first kappa shape index (κ1) is 19.1.